The molecule has 0 saturated heterocycles. The summed E-state index contributed by atoms with van der Waals surface area (Å²) in [5.74, 6) is 1.67. The number of rotatable bonds is 15. The first-order chi connectivity index (χ1) is 25.1. The third-order valence-electron chi connectivity index (χ3n) is 9.05. The van der Waals surface area contributed by atoms with Crippen molar-refractivity contribution in [1.29, 1.82) is 0 Å². The predicted octanol–water partition coefficient (Wildman–Crippen LogP) is 12.5. The highest BCUT2D eigenvalue weighted by Gasteiger charge is 2.23. The molecule has 3 nitrogen and oxygen atoms in total. The Morgan fingerprint density at radius 2 is 0.824 bits per heavy atom. The Morgan fingerprint density at radius 3 is 1.20 bits per heavy atom. The normalized spacial score (nSPS) is 11.5. The molecule has 0 bridgehead atoms. The van der Waals surface area contributed by atoms with Crippen LogP contribution in [-0.2, 0) is 6.54 Å². The first-order valence-corrected chi connectivity index (χ1v) is 21.8. The fourth-order valence-electron chi connectivity index (χ4n) is 6.48. The van der Waals surface area contributed by atoms with E-state index in [4.69, 9.17) is 9.05 Å². The molecule has 0 atom stereocenters. The van der Waals surface area contributed by atoms with E-state index in [1.54, 1.807) is 0 Å². The highest BCUT2D eigenvalue weighted by atomic mass is 79.9. The molecule has 258 valence electrons. The van der Waals surface area contributed by atoms with Gasteiger partial charge in [0.25, 0.3) is 0 Å². The fraction of sp³-hybridized carbons (Fsp3) is 0.182. The van der Waals surface area contributed by atoms with Crippen LogP contribution in [0.1, 0.15) is 45.4 Å². The molecule has 7 heteroatoms. The lowest BCUT2D eigenvalue weighted by molar-refractivity contribution is 0.570. The van der Waals surface area contributed by atoms with E-state index in [1.807, 2.05) is 0 Å². The minimum Gasteiger partial charge on any atom is -0.463 e. The average Bonchev–Trinajstić information content (AvgIpc) is 3.45. The van der Waals surface area contributed by atoms with Gasteiger partial charge in [-0.05, 0) is 62.5 Å². The van der Waals surface area contributed by atoms with Crippen molar-refractivity contribution in [1.82, 2.24) is 4.57 Å². The number of fused-ring (bicyclic) bond motifs is 3. The Bertz CT molecular complexity index is 1950. The van der Waals surface area contributed by atoms with Gasteiger partial charge in [0.1, 0.15) is 11.5 Å². The van der Waals surface area contributed by atoms with Gasteiger partial charge in [0.05, 0.1) is 20.0 Å². The maximum Gasteiger partial charge on any atom is 0.150 e. The lowest BCUT2D eigenvalue weighted by Crippen LogP contribution is -2.15. The highest BCUT2D eigenvalue weighted by molar-refractivity contribution is 9.11. The zero-order chi connectivity index (χ0) is 35.0. The number of hydrogen-bond donors (Lipinski definition) is 0. The fourth-order valence-corrected chi connectivity index (χ4v) is 11.0. The molecule has 0 unspecified atom stereocenters. The van der Waals surface area contributed by atoms with Crippen LogP contribution in [0.25, 0.3) is 21.8 Å². The Morgan fingerprint density at radius 1 is 0.471 bits per heavy atom. The number of hydrogen-bond acceptors (Lipinski definition) is 2. The molecule has 0 radical (unpaired) electrons. The molecule has 0 aliphatic rings. The number of benzene rings is 6. The topological polar surface area (TPSA) is 23.4 Å². The van der Waals surface area contributed by atoms with E-state index in [-0.39, 0.29) is 0 Å². The summed E-state index contributed by atoms with van der Waals surface area (Å²) in [6, 6.07) is 51.2. The van der Waals surface area contributed by atoms with E-state index >= 15 is 0 Å². The van der Waals surface area contributed by atoms with Gasteiger partial charge in [-0.2, -0.15) is 0 Å². The lowest BCUT2D eigenvalue weighted by Gasteiger charge is -2.20. The molecule has 0 saturated carbocycles. The van der Waals surface area contributed by atoms with Crippen molar-refractivity contribution < 1.29 is 9.05 Å². The molecule has 0 aliphatic heterocycles. The third kappa shape index (κ3) is 8.45. The minimum atomic E-state index is -1.09. The maximum absolute atomic E-state index is 7.03. The number of halogens is 2. The summed E-state index contributed by atoms with van der Waals surface area (Å²) in [6.07, 6.45) is 7.51. The summed E-state index contributed by atoms with van der Waals surface area (Å²) in [5, 5.41) is 7.01. The first-order valence-electron chi connectivity index (χ1n) is 17.7. The lowest BCUT2D eigenvalue weighted by atomic mass is 10.1. The van der Waals surface area contributed by atoms with Crippen molar-refractivity contribution in [3.8, 4) is 11.5 Å². The number of aromatic nitrogens is 1. The zero-order valence-electron chi connectivity index (χ0n) is 28.7. The zero-order valence-corrected chi connectivity index (χ0v) is 33.7. The van der Waals surface area contributed by atoms with Gasteiger partial charge in [0.2, 0.25) is 0 Å². The molecular weight excluding hydrogens is 796 g/mol. The Balaban J connectivity index is 1.32. The average molecular weight is 838 g/mol. The third-order valence-corrected chi connectivity index (χ3v) is 14.1. The van der Waals surface area contributed by atoms with E-state index in [2.05, 4.69) is 189 Å². The van der Waals surface area contributed by atoms with Crippen molar-refractivity contribution in [2.45, 2.75) is 52.0 Å². The van der Waals surface area contributed by atoms with Crippen LogP contribution in [0.5, 0.6) is 11.5 Å². The van der Waals surface area contributed by atoms with Crippen LogP contribution in [-0.4, -0.2) is 4.57 Å². The van der Waals surface area contributed by atoms with Crippen molar-refractivity contribution in [3.05, 3.63) is 155 Å². The summed E-state index contributed by atoms with van der Waals surface area (Å²) in [4.78, 5) is 0. The van der Waals surface area contributed by atoms with Crippen LogP contribution >= 0.6 is 48.2 Å². The van der Waals surface area contributed by atoms with Crippen LogP contribution in [0, 0.1) is 0 Å². The van der Waals surface area contributed by atoms with Gasteiger partial charge in [0, 0.05) is 38.5 Å². The summed E-state index contributed by atoms with van der Waals surface area (Å²) in [7, 11) is -2.19. The van der Waals surface area contributed by atoms with Crippen LogP contribution in [0.2, 0.25) is 0 Å². The standard InChI is InChI=1S/C44H41Br2NO2P2/c1-2-3-4-5-6-19-28-47-41-31-39(45)43(48-50(33-20-11-7-12-21-33)34-22-13-8-14-23-34)29-37(41)38-30-44(40(46)32-42(38)47)49-51(35-24-15-9-16-25-35)36-26-17-10-18-27-36/h7-18,20-27,29-32H,2-6,19,28H2,1H3. The second-order valence-corrected chi connectivity index (χ2v) is 17.9. The summed E-state index contributed by atoms with van der Waals surface area (Å²) in [5.41, 5.74) is 2.39. The number of nitrogens with zero attached hydrogens (tertiary/aromatic N) is 1. The molecule has 1 heterocycles. The van der Waals surface area contributed by atoms with E-state index in [1.165, 1.54) is 64.4 Å². The Hall–Kier alpha value is -3.46. The van der Waals surface area contributed by atoms with Gasteiger partial charge in [-0.25, -0.2) is 0 Å². The summed E-state index contributed by atoms with van der Waals surface area (Å²) >= 11 is 7.89. The maximum atomic E-state index is 7.03. The van der Waals surface area contributed by atoms with Crippen molar-refractivity contribution in [2.75, 3.05) is 0 Å². The van der Waals surface area contributed by atoms with Gasteiger partial charge in [-0.1, -0.05) is 160 Å². The smallest absolute Gasteiger partial charge is 0.150 e. The van der Waals surface area contributed by atoms with Gasteiger partial charge in [-0.15, -0.1) is 0 Å². The quantitative estimate of drug-likeness (QED) is 0.0759. The van der Waals surface area contributed by atoms with Crippen LogP contribution in [0.3, 0.4) is 0 Å². The van der Waals surface area contributed by atoms with E-state index in [0.717, 1.165) is 44.2 Å². The van der Waals surface area contributed by atoms with Gasteiger partial charge < -0.3 is 13.6 Å². The molecule has 6 aromatic carbocycles. The monoisotopic (exact) mass is 835 g/mol. The first kappa shape index (κ1) is 35.9. The molecule has 0 aliphatic carbocycles. The van der Waals surface area contributed by atoms with E-state index in [9.17, 15) is 0 Å². The largest absolute Gasteiger partial charge is 0.463 e. The molecule has 0 spiro atoms. The Labute approximate surface area is 320 Å². The predicted molar refractivity (Wildman–Crippen MR) is 228 cm³/mol. The minimum absolute atomic E-state index is 0.834. The van der Waals surface area contributed by atoms with Crippen LogP contribution < -0.4 is 30.3 Å². The highest BCUT2D eigenvalue weighted by Crippen LogP contribution is 2.47. The second kappa shape index (κ2) is 17.4. The second-order valence-electron chi connectivity index (χ2n) is 12.6. The molecular formula is C44H41Br2NO2P2. The van der Waals surface area contributed by atoms with Crippen molar-refractivity contribution >= 4 is 91.2 Å². The number of unbranched alkanes of at least 4 members (excludes halogenated alkanes) is 5. The molecule has 0 fully saturated rings. The van der Waals surface area contributed by atoms with Gasteiger partial charge in [0.15, 0.2) is 16.3 Å². The van der Waals surface area contributed by atoms with Crippen LogP contribution in [0.15, 0.2) is 155 Å². The van der Waals surface area contributed by atoms with Crippen molar-refractivity contribution in [2.24, 2.45) is 0 Å². The summed E-state index contributed by atoms with van der Waals surface area (Å²) in [6.45, 7) is 3.22. The molecule has 7 aromatic rings. The SMILES string of the molecule is CCCCCCCCn1c2cc(Br)c(OP(c3ccccc3)c3ccccc3)cc2c2cc(OP(c3ccccc3)c3ccccc3)c(Br)cc21. The van der Waals surface area contributed by atoms with Crippen molar-refractivity contribution in [3.63, 3.8) is 0 Å². The summed E-state index contributed by atoms with van der Waals surface area (Å²) < 4.78 is 18.4. The number of aryl methyl sites for hydroxylation is 1. The molecule has 0 amide bonds. The molecule has 51 heavy (non-hydrogen) atoms. The molecule has 7 rings (SSSR count). The Kier molecular flexibility index (Phi) is 12.2. The van der Waals surface area contributed by atoms with Gasteiger partial charge >= 0.3 is 0 Å². The van der Waals surface area contributed by atoms with Gasteiger partial charge in [-0.3, -0.25) is 0 Å². The molecule has 0 N–H and O–H groups in total. The van der Waals surface area contributed by atoms with E-state index in [0.29, 0.717) is 0 Å². The molecule has 1 aromatic heterocycles. The van der Waals surface area contributed by atoms with E-state index < -0.39 is 16.3 Å². The van der Waals surface area contributed by atoms with Crippen LogP contribution in [0.4, 0.5) is 0 Å².